The average Bonchev–Trinajstić information content (AvgIpc) is 2.30. The first-order valence-corrected chi connectivity index (χ1v) is 6.79. The second-order valence-electron chi connectivity index (χ2n) is 3.73. The quantitative estimate of drug-likeness (QED) is 0.357. The highest BCUT2D eigenvalue weighted by Gasteiger charge is 2.16. The Morgan fingerprint density at radius 2 is 2.22 bits per heavy atom. The highest BCUT2D eigenvalue weighted by molar-refractivity contribution is 7.78. The van der Waals surface area contributed by atoms with Gasteiger partial charge in [0.1, 0.15) is 0 Å². The molecule has 0 bridgehead atoms. The molecule has 0 heterocycles. The first kappa shape index (κ1) is 14.6. The normalized spacial score (nSPS) is 12.1. The molecule has 18 heavy (non-hydrogen) atoms. The van der Waals surface area contributed by atoms with E-state index in [4.69, 9.17) is 9.29 Å². The number of rotatable bonds is 7. The number of benzene rings is 1. The molecule has 1 rings (SSSR count). The van der Waals surface area contributed by atoms with Gasteiger partial charge in [-0.05, 0) is 18.1 Å². The zero-order chi connectivity index (χ0) is 13.5. The van der Waals surface area contributed by atoms with Crippen LogP contribution in [0.5, 0.6) is 5.75 Å². The van der Waals surface area contributed by atoms with E-state index in [0.29, 0.717) is 12.2 Å². The van der Waals surface area contributed by atoms with Crippen molar-refractivity contribution in [2.75, 3.05) is 6.61 Å². The predicted octanol–water partition coefficient (Wildman–Crippen LogP) is 2.50. The van der Waals surface area contributed by atoms with Crippen LogP contribution < -0.4 is 4.74 Å². The molecular formula is C11H15NO5S. The summed E-state index contributed by atoms with van der Waals surface area (Å²) in [5.74, 6) is 0.0664. The van der Waals surface area contributed by atoms with Crippen LogP contribution in [0.4, 0.5) is 5.69 Å². The summed E-state index contributed by atoms with van der Waals surface area (Å²) in [5, 5.41) is 10.9. The minimum Gasteiger partial charge on any atom is -0.487 e. The molecule has 1 atom stereocenters. The number of nitro groups is 1. The van der Waals surface area contributed by atoms with Gasteiger partial charge >= 0.3 is 5.69 Å². The molecule has 0 spiro atoms. The topological polar surface area (TPSA) is 89.7 Å². The molecule has 100 valence electrons. The molecule has 0 fully saturated rings. The van der Waals surface area contributed by atoms with Gasteiger partial charge in [-0.3, -0.25) is 10.1 Å². The molecule has 0 radical (unpaired) electrons. The van der Waals surface area contributed by atoms with Crippen LogP contribution in [0.1, 0.15) is 25.3 Å². The van der Waals surface area contributed by atoms with Crippen LogP contribution in [0.3, 0.4) is 0 Å². The fourth-order valence-corrected chi connectivity index (χ4v) is 1.85. The number of ether oxygens (including phenoxy) is 1. The Morgan fingerprint density at radius 3 is 2.78 bits per heavy atom. The molecule has 0 aliphatic heterocycles. The molecule has 1 unspecified atom stereocenters. The van der Waals surface area contributed by atoms with Gasteiger partial charge in [0.15, 0.2) is 16.8 Å². The van der Waals surface area contributed by atoms with E-state index in [2.05, 4.69) is 0 Å². The van der Waals surface area contributed by atoms with Crippen molar-refractivity contribution in [1.82, 2.24) is 0 Å². The Hall–Kier alpha value is -1.47. The van der Waals surface area contributed by atoms with E-state index in [1.54, 1.807) is 6.07 Å². The van der Waals surface area contributed by atoms with Gasteiger partial charge in [0.05, 0.1) is 17.3 Å². The van der Waals surface area contributed by atoms with Gasteiger partial charge in [-0.2, -0.15) is 0 Å². The molecule has 0 aromatic heterocycles. The number of unbranched alkanes of at least 4 members (excludes halogenated alkanes) is 1. The Balaban J connectivity index is 2.90. The van der Waals surface area contributed by atoms with Crippen molar-refractivity contribution >= 4 is 16.8 Å². The maximum atomic E-state index is 10.9. The van der Waals surface area contributed by atoms with Gasteiger partial charge in [0, 0.05) is 6.07 Å². The van der Waals surface area contributed by atoms with Crippen LogP contribution in [-0.2, 0) is 16.8 Å². The standard InChI is InChI=1S/C11H15NO5S/c1-2-3-6-17-11-5-4-9(8-18(15)16)7-10(11)12(13)14/h4-5,7H,2-3,6,8H2,1H3,(H,15,16). The molecule has 0 saturated carbocycles. The third kappa shape index (κ3) is 4.42. The molecule has 1 aromatic rings. The third-order valence-corrected chi connectivity index (χ3v) is 2.85. The van der Waals surface area contributed by atoms with Gasteiger partial charge in [0.2, 0.25) is 0 Å². The minimum atomic E-state index is -2.01. The Bertz CT molecular complexity index is 449. The lowest BCUT2D eigenvalue weighted by Gasteiger charge is -2.07. The number of nitrogens with zero attached hydrogens (tertiary/aromatic N) is 1. The van der Waals surface area contributed by atoms with E-state index >= 15 is 0 Å². The van der Waals surface area contributed by atoms with Crippen molar-refractivity contribution in [3.8, 4) is 5.75 Å². The van der Waals surface area contributed by atoms with Crippen molar-refractivity contribution in [1.29, 1.82) is 0 Å². The summed E-state index contributed by atoms with van der Waals surface area (Å²) in [7, 11) is 0. The molecule has 0 aliphatic rings. The van der Waals surface area contributed by atoms with Gasteiger partial charge in [0.25, 0.3) is 0 Å². The third-order valence-electron chi connectivity index (χ3n) is 2.27. The molecule has 7 heteroatoms. The molecule has 0 saturated heterocycles. The van der Waals surface area contributed by atoms with E-state index in [-0.39, 0.29) is 17.2 Å². The van der Waals surface area contributed by atoms with Crippen LogP contribution in [0.15, 0.2) is 18.2 Å². The molecule has 0 amide bonds. The van der Waals surface area contributed by atoms with E-state index in [0.717, 1.165) is 12.8 Å². The summed E-state index contributed by atoms with van der Waals surface area (Å²) in [6, 6.07) is 4.30. The Labute approximate surface area is 107 Å². The molecule has 1 aromatic carbocycles. The van der Waals surface area contributed by atoms with E-state index in [1.165, 1.54) is 12.1 Å². The maximum absolute atomic E-state index is 10.9. The van der Waals surface area contributed by atoms with Gasteiger partial charge in [-0.15, -0.1) is 0 Å². The highest BCUT2D eigenvalue weighted by atomic mass is 32.2. The summed E-state index contributed by atoms with van der Waals surface area (Å²) >= 11 is -2.01. The molecular weight excluding hydrogens is 258 g/mol. The molecule has 6 nitrogen and oxygen atoms in total. The minimum absolute atomic E-state index is 0.129. The summed E-state index contributed by atoms with van der Waals surface area (Å²) in [6.45, 7) is 2.42. The van der Waals surface area contributed by atoms with E-state index < -0.39 is 16.0 Å². The fraction of sp³-hybridized carbons (Fsp3) is 0.455. The van der Waals surface area contributed by atoms with Crippen molar-refractivity contribution < 1.29 is 18.4 Å². The molecule has 1 N–H and O–H groups in total. The van der Waals surface area contributed by atoms with Crippen LogP contribution in [-0.4, -0.2) is 20.3 Å². The summed E-state index contributed by atoms with van der Waals surface area (Å²) in [6.07, 6.45) is 1.76. The van der Waals surface area contributed by atoms with Gasteiger partial charge < -0.3 is 9.29 Å². The molecule has 0 aliphatic carbocycles. The van der Waals surface area contributed by atoms with Gasteiger partial charge in [-0.25, -0.2) is 4.21 Å². The predicted molar refractivity (Wildman–Crippen MR) is 68.0 cm³/mol. The second kappa shape index (κ2) is 7.07. The van der Waals surface area contributed by atoms with Crippen molar-refractivity contribution in [3.05, 3.63) is 33.9 Å². The summed E-state index contributed by atoms with van der Waals surface area (Å²) in [5.41, 5.74) is 0.263. The monoisotopic (exact) mass is 273 g/mol. The number of nitro benzene ring substituents is 1. The average molecular weight is 273 g/mol. The first-order chi connectivity index (χ1) is 8.54. The van der Waals surface area contributed by atoms with E-state index in [1.807, 2.05) is 6.92 Å². The second-order valence-corrected chi connectivity index (χ2v) is 4.66. The Morgan fingerprint density at radius 1 is 1.50 bits per heavy atom. The SMILES string of the molecule is CCCCOc1ccc(CS(=O)O)cc1[N+](=O)[O-]. The van der Waals surface area contributed by atoms with Crippen LogP contribution >= 0.6 is 0 Å². The largest absolute Gasteiger partial charge is 0.487 e. The van der Waals surface area contributed by atoms with Crippen LogP contribution in [0.25, 0.3) is 0 Å². The summed E-state index contributed by atoms with van der Waals surface area (Å²) < 4.78 is 24.7. The Kier molecular flexibility index (Phi) is 5.73. The zero-order valence-corrected chi connectivity index (χ0v) is 10.8. The number of hydrogen-bond donors (Lipinski definition) is 1. The van der Waals surface area contributed by atoms with Crippen molar-refractivity contribution in [2.24, 2.45) is 0 Å². The first-order valence-electron chi connectivity index (χ1n) is 5.52. The summed E-state index contributed by atoms with van der Waals surface area (Å²) in [4.78, 5) is 10.3. The zero-order valence-electron chi connectivity index (χ0n) is 10.00. The smallest absolute Gasteiger partial charge is 0.311 e. The van der Waals surface area contributed by atoms with Crippen LogP contribution in [0.2, 0.25) is 0 Å². The fourth-order valence-electron chi connectivity index (χ4n) is 1.39. The van der Waals surface area contributed by atoms with Crippen molar-refractivity contribution in [3.63, 3.8) is 0 Å². The lowest BCUT2D eigenvalue weighted by atomic mass is 10.2. The lowest BCUT2D eigenvalue weighted by molar-refractivity contribution is -0.385. The lowest BCUT2D eigenvalue weighted by Crippen LogP contribution is -2.02. The van der Waals surface area contributed by atoms with Crippen molar-refractivity contribution in [2.45, 2.75) is 25.5 Å². The van der Waals surface area contributed by atoms with Crippen LogP contribution in [0, 0.1) is 10.1 Å². The van der Waals surface area contributed by atoms with E-state index in [9.17, 15) is 14.3 Å². The number of hydrogen-bond acceptors (Lipinski definition) is 4. The van der Waals surface area contributed by atoms with Gasteiger partial charge in [-0.1, -0.05) is 19.4 Å². The maximum Gasteiger partial charge on any atom is 0.311 e. The highest BCUT2D eigenvalue weighted by Crippen LogP contribution is 2.28.